The van der Waals surface area contributed by atoms with E-state index in [4.69, 9.17) is 16.4 Å². The molecule has 10 heteroatoms. The lowest BCUT2D eigenvalue weighted by Crippen LogP contribution is -2.27. The van der Waals surface area contributed by atoms with E-state index in [1.54, 1.807) is 54.5 Å². The zero-order chi connectivity index (χ0) is 22.4. The molecule has 1 aromatic carbocycles. The van der Waals surface area contributed by atoms with E-state index < -0.39 is 10.0 Å². The van der Waals surface area contributed by atoms with Crippen LogP contribution in [0, 0.1) is 5.41 Å². The van der Waals surface area contributed by atoms with E-state index >= 15 is 0 Å². The number of thiophene rings is 1. The molecule has 0 spiro atoms. The number of thioether (sulfide) groups is 1. The minimum Gasteiger partial charge on any atom is -0.399 e. The van der Waals surface area contributed by atoms with E-state index in [1.807, 2.05) is 6.26 Å². The molecule has 0 unspecified atom stereocenters. The summed E-state index contributed by atoms with van der Waals surface area (Å²) in [7, 11) is -2.33. The number of rotatable bonds is 5. The highest BCUT2D eigenvalue weighted by atomic mass is 35.5. The van der Waals surface area contributed by atoms with Gasteiger partial charge in [-0.3, -0.25) is 0 Å². The number of hydrogen-bond donors (Lipinski definition) is 0. The van der Waals surface area contributed by atoms with Crippen molar-refractivity contribution in [2.45, 2.75) is 35.8 Å². The smallest absolute Gasteiger partial charge is 0.284 e. The van der Waals surface area contributed by atoms with Crippen LogP contribution in [0.1, 0.15) is 31.4 Å². The van der Waals surface area contributed by atoms with Crippen LogP contribution in [0.15, 0.2) is 50.8 Å². The number of oxime groups is 1. The Labute approximate surface area is 195 Å². The van der Waals surface area contributed by atoms with Crippen LogP contribution in [0.5, 0.6) is 0 Å². The lowest BCUT2D eigenvalue weighted by molar-refractivity contribution is 0.210. The van der Waals surface area contributed by atoms with Crippen LogP contribution in [-0.2, 0) is 21.3 Å². The van der Waals surface area contributed by atoms with E-state index in [-0.39, 0.29) is 15.3 Å². The van der Waals surface area contributed by atoms with Crippen molar-refractivity contribution in [1.82, 2.24) is 9.19 Å². The Morgan fingerprint density at radius 1 is 1.26 bits per heavy atom. The van der Waals surface area contributed by atoms with Gasteiger partial charge in [0.05, 0.1) is 19.8 Å². The van der Waals surface area contributed by atoms with Crippen molar-refractivity contribution in [2.75, 3.05) is 13.4 Å². The van der Waals surface area contributed by atoms with Gasteiger partial charge in [0.1, 0.15) is 17.7 Å². The van der Waals surface area contributed by atoms with Crippen molar-refractivity contribution < 1.29 is 13.3 Å². The monoisotopic (exact) mass is 495 g/mol. The summed E-state index contributed by atoms with van der Waals surface area (Å²) >= 11 is 9.39. The fraction of sp³-hybridized carbons (Fsp3) is 0.333. The molecular formula is C21H22ClN3O3S3. The first-order valence-corrected chi connectivity index (χ1v) is 13.4. The van der Waals surface area contributed by atoms with Crippen molar-refractivity contribution in [3.63, 3.8) is 0 Å². The van der Waals surface area contributed by atoms with Crippen LogP contribution in [0.25, 0.3) is 10.6 Å². The van der Waals surface area contributed by atoms with Crippen LogP contribution < -0.4 is 0 Å². The van der Waals surface area contributed by atoms with Gasteiger partial charge in [0.15, 0.2) is 0 Å². The molecule has 2 heterocycles. The van der Waals surface area contributed by atoms with Gasteiger partial charge in [-0.15, -0.1) is 23.1 Å². The second kappa shape index (κ2) is 8.27. The quantitative estimate of drug-likeness (QED) is 0.343. The fourth-order valence-electron chi connectivity index (χ4n) is 3.84. The predicted molar refractivity (Wildman–Crippen MR) is 127 cm³/mol. The van der Waals surface area contributed by atoms with Gasteiger partial charge in [-0.05, 0) is 48.3 Å². The summed E-state index contributed by atoms with van der Waals surface area (Å²) < 4.78 is 28.3. The van der Waals surface area contributed by atoms with Crippen LogP contribution >= 0.6 is 34.7 Å². The van der Waals surface area contributed by atoms with Gasteiger partial charge in [0.2, 0.25) is 0 Å². The molecule has 0 fully saturated rings. The van der Waals surface area contributed by atoms with E-state index in [0.29, 0.717) is 5.69 Å². The third kappa shape index (κ3) is 4.04. The molecule has 4 rings (SSSR count). The third-order valence-corrected chi connectivity index (χ3v) is 9.53. The summed E-state index contributed by atoms with van der Waals surface area (Å²) in [5.41, 5.74) is 3.77. The average Bonchev–Trinajstić information content (AvgIpc) is 3.32. The number of benzene rings is 1. The molecule has 0 saturated carbocycles. The van der Waals surface area contributed by atoms with Crippen LogP contribution in [0.3, 0.4) is 0 Å². The van der Waals surface area contributed by atoms with Crippen molar-refractivity contribution >= 4 is 50.4 Å². The molecule has 1 aliphatic carbocycles. The second-order valence-electron chi connectivity index (χ2n) is 8.02. The van der Waals surface area contributed by atoms with E-state index in [1.165, 1.54) is 12.3 Å². The fourth-order valence-corrected chi connectivity index (χ4v) is 7.52. The lowest BCUT2D eigenvalue weighted by Gasteiger charge is -2.31. The molecule has 0 amide bonds. The maximum absolute atomic E-state index is 13.1. The summed E-state index contributed by atoms with van der Waals surface area (Å²) in [5, 5.41) is 8.91. The van der Waals surface area contributed by atoms with Gasteiger partial charge in [0, 0.05) is 11.8 Å². The van der Waals surface area contributed by atoms with Crippen molar-refractivity contribution in [3.05, 3.63) is 52.7 Å². The van der Waals surface area contributed by atoms with Crippen molar-refractivity contribution in [2.24, 2.45) is 10.6 Å². The molecule has 0 atom stereocenters. The number of aromatic nitrogens is 2. The summed E-state index contributed by atoms with van der Waals surface area (Å²) in [6, 6.07) is 8.10. The Morgan fingerprint density at radius 2 is 2.00 bits per heavy atom. The molecule has 6 nitrogen and oxygen atoms in total. The first-order valence-electron chi connectivity index (χ1n) is 9.54. The normalized spacial score (nSPS) is 17.0. The average molecular weight is 496 g/mol. The van der Waals surface area contributed by atoms with E-state index in [2.05, 4.69) is 24.1 Å². The summed E-state index contributed by atoms with van der Waals surface area (Å²) in [6.07, 6.45) is 5.16. The lowest BCUT2D eigenvalue weighted by atomic mass is 9.74. The molecular weight excluding hydrogens is 474 g/mol. The molecule has 0 radical (unpaired) electrons. The molecule has 1 aliphatic rings. The Balaban J connectivity index is 1.84. The highest BCUT2D eigenvalue weighted by Crippen LogP contribution is 2.48. The third-order valence-electron chi connectivity index (χ3n) is 5.11. The van der Waals surface area contributed by atoms with Gasteiger partial charge in [-0.2, -0.15) is 17.6 Å². The van der Waals surface area contributed by atoms with Crippen LogP contribution in [-0.4, -0.2) is 36.7 Å². The maximum atomic E-state index is 13.1. The summed E-state index contributed by atoms with van der Waals surface area (Å²) in [5.74, 6) is 0. The van der Waals surface area contributed by atoms with Crippen LogP contribution in [0.2, 0.25) is 5.02 Å². The molecule has 3 aromatic rings. The zero-order valence-corrected chi connectivity index (χ0v) is 20.8. The SMILES string of the molecule is CO/N=C1/CC(C)(C)Cc2c(-c3ccn(S(=O)(=O)c4ccccc4Cl)n3)sc(SC)c21. The van der Waals surface area contributed by atoms with Crippen LogP contribution in [0.4, 0.5) is 0 Å². The standard InChI is InChI=1S/C21H22ClN3O3S3/c1-21(2)11-13-18(16(12-21)24-28-3)20(29-4)30-19(13)15-9-10-25(23-15)31(26,27)17-8-6-5-7-14(17)22/h5-10H,11-12H2,1-4H3/b24-16-. The molecule has 0 bridgehead atoms. The van der Waals surface area contributed by atoms with E-state index in [9.17, 15) is 8.42 Å². The second-order valence-corrected chi connectivity index (χ2v) is 12.3. The Morgan fingerprint density at radius 3 is 2.68 bits per heavy atom. The van der Waals surface area contributed by atoms with Gasteiger partial charge < -0.3 is 4.84 Å². The topological polar surface area (TPSA) is 73.6 Å². The molecule has 0 aliphatic heterocycles. The molecule has 0 saturated heterocycles. The highest BCUT2D eigenvalue weighted by Gasteiger charge is 2.36. The first kappa shape index (κ1) is 22.4. The van der Waals surface area contributed by atoms with Gasteiger partial charge in [-0.1, -0.05) is 42.7 Å². The molecule has 0 N–H and O–H groups in total. The number of halogens is 1. The maximum Gasteiger partial charge on any atom is 0.284 e. The minimum atomic E-state index is -3.89. The van der Waals surface area contributed by atoms with Gasteiger partial charge in [-0.25, -0.2) is 0 Å². The van der Waals surface area contributed by atoms with Crippen molar-refractivity contribution in [1.29, 1.82) is 0 Å². The summed E-state index contributed by atoms with van der Waals surface area (Å²) in [6.45, 7) is 4.39. The van der Waals surface area contributed by atoms with Gasteiger partial charge >= 0.3 is 0 Å². The number of nitrogens with zero attached hydrogens (tertiary/aromatic N) is 3. The van der Waals surface area contributed by atoms with E-state index in [0.717, 1.165) is 42.9 Å². The number of hydrogen-bond acceptors (Lipinski definition) is 7. The molecule has 164 valence electrons. The predicted octanol–water partition coefficient (Wildman–Crippen LogP) is 5.55. The first-order chi connectivity index (χ1) is 14.7. The Hall–Kier alpha value is -1.81. The molecule has 2 aromatic heterocycles. The minimum absolute atomic E-state index is 0.00205. The zero-order valence-electron chi connectivity index (χ0n) is 17.5. The molecule has 31 heavy (non-hydrogen) atoms. The number of fused-ring (bicyclic) bond motifs is 1. The van der Waals surface area contributed by atoms with Crippen molar-refractivity contribution in [3.8, 4) is 10.6 Å². The summed E-state index contributed by atoms with van der Waals surface area (Å²) in [4.78, 5) is 6.12. The Kier molecular flexibility index (Phi) is 5.97. The highest BCUT2D eigenvalue weighted by molar-refractivity contribution is 8.00. The Bertz CT molecular complexity index is 1280. The largest absolute Gasteiger partial charge is 0.399 e. The van der Waals surface area contributed by atoms with Gasteiger partial charge in [0.25, 0.3) is 10.0 Å².